The summed E-state index contributed by atoms with van der Waals surface area (Å²) in [6.07, 6.45) is 4.46. The summed E-state index contributed by atoms with van der Waals surface area (Å²) in [7, 11) is 0. The van der Waals surface area contributed by atoms with Crippen LogP contribution in [0.2, 0.25) is 0 Å². The maximum absolute atomic E-state index is 5.14. The Morgan fingerprint density at radius 3 is 2.70 bits per heavy atom. The monoisotopic (exact) mass is 155 g/mol. The van der Waals surface area contributed by atoms with E-state index < -0.39 is 0 Å². The second-order valence-electron chi connectivity index (χ2n) is 2.90. The van der Waals surface area contributed by atoms with Crippen molar-refractivity contribution in [3.05, 3.63) is 11.8 Å². The second-order valence-corrected chi connectivity index (χ2v) is 3.37. The van der Waals surface area contributed by atoms with Crippen molar-refractivity contribution < 1.29 is 0 Å². The normalized spacial score (nSPS) is 17.8. The Hall–Kier alpha value is -0.370. The van der Waals surface area contributed by atoms with Crippen LogP contribution >= 0.6 is 12.2 Å². The summed E-state index contributed by atoms with van der Waals surface area (Å²) in [6, 6.07) is 0. The summed E-state index contributed by atoms with van der Waals surface area (Å²) < 4.78 is 0. The van der Waals surface area contributed by atoms with Crippen molar-refractivity contribution in [2.45, 2.75) is 26.7 Å². The van der Waals surface area contributed by atoms with Crippen LogP contribution in [0.3, 0.4) is 0 Å². The number of allylic oxidation sites excluding steroid dienone is 1. The molecule has 0 atom stereocenters. The van der Waals surface area contributed by atoms with Crippen molar-refractivity contribution in [2.75, 3.05) is 6.54 Å². The van der Waals surface area contributed by atoms with Gasteiger partial charge < -0.3 is 4.90 Å². The minimum absolute atomic E-state index is 1.10. The summed E-state index contributed by atoms with van der Waals surface area (Å²) in [5.74, 6) is 0. The van der Waals surface area contributed by atoms with Crippen molar-refractivity contribution in [1.29, 1.82) is 0 Å². The molecule has 56 valence electrons. The van der Waals surface area contributed by atoms with Crippen molar-refractivity contribution in [2.24, 2.45) is 0 Å². The molecule has 0 aromatic rings. The summed E-state index contributed by atoms with van der Waals surface area (Å²) in [5, 5.41) is 0. The van der Waals surface area contributed by atoms with E-state index in [0.29, 0.717) is 0 Å². The van der Waals surface area contributed by atoms with Gasteiger partial charge in [0.05, 0.1) is 4.99 Å². The van der Waals surface area contributed by atoms with E-state index in [-0.39, 0.29) is 0 Å². The fourth-order valence-corrected chi connectivity index (χ4v) is 1.41. The maximum Gasteiger partial charge on any atom is 0.0819 e. The van der Waals surface area contributed by atoms with E-state index in [2.05, 4.69) is 24.9 Å². The van der Waals surface area contributed by atoms with Crippen LogP contribution in [0, 0.1) is 0 Å². The number of likely N-dealkylation sites (tertiary alicyclic amines) is 1. The Morgan fingerprint density at radius 1 is 1.60 bits per heavy atom. The molecule has 0 aromatic heterocycles. The van der Waals surface area contributed by atoms with Gasteiger partial charge in [0.15, 0.2) is 0 Å². The molecule has 1 aliphatic rings. The molecule has 1 aliphatic heterocycles. The molecule has 0 N–H and O–H groups in total. The van der Waals surface area contributed by atoms with Crippen LogP contribution in [-0.2, 0) is 0 Å². The van der Waals surface area contributed by atoms with Crippen molar-refractivity contribution in [1.82, 2.24) is 4.90 Å². The smallest absolute Gasteiger partial charge is 0.0819 e. The molecular formula is C8H13NS. The molecule has 1 rings (SSSR count). The molecule has 0 unspecified atom stereocenters. The van der Waals surface area contributed by atoms with Crippen LogP contribution in [0.1, 0.15) is 26.7 Å². The van der Waals surface area contributed by atoms with E-state index in [1.807, 2.05) is 0 Å². The lowest BCUT2D eigenvalue weighted by Crippen LogP contribution is -2.15. The molecule has 1 heterocycles. The Bertz CT molecular complexity index is 168. The van der Waals surface area contributed by atoms with Gasteiger partial charge in [0.25, 0.3) is 0 Å². The Kier molecular flexibility index (Phi) is 2.44. The first-order valence-corrected chi connectivity index (χ1v) is 4.05. The number of rotatable bonds is 1. The number of nitrogens with zero attached hydrogens (tertiary/aromatic N) is 1. The topological polar surface area (TPSA) is 3.24 Å². The van der Waals surface area contributed by atoms with E-state index in [1.54, 1.807) is 0 Å². The van der Waals surface area contributed by atoms with Crippen molar-refractivity contribution >= 4 is 17.2 Å². The highest BCUT2D eigenvalue weighted by molar-refractivity contribution is 7.80. The highest BCUT2D eigenvalue weighted by Gasteiger charge is 2.13. The standard InChI is InChI=1S/C8H13NS/c1-7(2)6-9-5-3-4-8(9)10/h6H,3-5H2,1-2H3. The SMILES string of the molecule is CC(C)=CN1CCCC1=S. The minimum atomic E-state index is 1.10. The summed E-state index contributed by atoms with van der Waals surface area (Å²) in [4.78, 5) is 3.27. The van der Waals surface area contributed by atoms with Gasteiger partial charge in [0.1, 0.15) is 0 Å². The largest absolute Gasteiger partial charge is 0.343 e. The molecule has 0 radical (unpaired) electrons. The lowest BCUT2D eigenvalue weighted by molar-refractivity contribution is 0.605. The van der Waals surface area contributed by atoms with Gasteiger partial charge in [-0.3, -0.25) is 0 Å². The highest BCUT2D eigenvalue weighted by atomic mass is 32.1. The quantitative estimate of drug-likeness (QED) is 0.535. The van der Waals surface area contributed by atoms with Gasteiger partial charge in [-0.1, -0.05) is 17.8 Å². The first-order valence-electron chi connectivity index (χ1n) is 3.64. The van der Waals surface area contributed by atoms with Crippen molar-refractivity contribution in [3.8, 4) is 0 Å². The molecule has 0 spiro atoms. The third-order valence-electron chi connectivity index (χ3n) is 1.52. The molecule has 0 bridgehead atoms. The van der Waals surface area contributed by atoms with Gasteiger partial charge in [-0.2, -0.15) is 0 Å². The minimum Gasteiger partial charge on any atom is -0.343 e. The Morgan fingerprint density at radius 2 is 2.30 bits per heavy atom. The third kappa shape index (κ3) is 1.81. The van der Waals surface area contributed by atoms with Gasteiger partial charge in [-0.25, -0.2) is 0 Å². The second kappa shape index (κ2) is 3.15. The fourth-order valence-electron chi connectivity index (χ4n) is 1.12. The lowest BCUT2D eigenvalue weighted by atomic mass is 10.4. The Labute approximate surface area is 67.7 Å². The summed E-state index contributed by atoms with van der Waals surface area (Å²) >= 11 is 5.14. The van der Waals surface area contributed by atoms with Crippen LogP contribution in [-0.4, -0.2) is 16.4 Å². The van der Waals surface area contributed by atoms with Crippen LogP contribution in [0.15, 0.2) is 11.8 Å². The van der Waals surface area contributed by atoms with E-state index in [9.17, 15) is 0 Å². The third-order valence-corrected chi connectivity index (χ3v) is 1.96. The van der Waals surface area contributed by atoms with E-state index in [1.165, 1.54) is 12.0 Å². The van der Waals surface area contributed by atoms with Gasteiger partial charge in [0, 0.05) is 12.7 Å². The van der Waals surface area contributed by atoms with Crippen LogP contribution in [0.4, 0.5) is 0 Å². The predicted octanol–water partition coefficient (Wildman–Crippen LogP) is 2.33. The lowest BCUT2D eigenvalue weighted by Gasteiger charge is -2.11. The molecule has 0 amide bonds. The first-order chi connectivity index (χ1) is 4.70. The molecule has 0 aromatic carbocycles. The molecule has 1 fully saturated rings. The van der Waals surface area contributed by atoms with E-state index in [4.69, 9.17) is 12.2 Å². The van der Waals surface area contributed by atoms with Gasteiger partial charge in [-0.15, -0.1) is 0 Å². The molecule has 1 nitrogen and oxygen atoms in total. The predicted molar refractivity (Wildman–Crippen MR) is 48.0 cm³/mol. The van der Waals surface area contributed by atoms with Gasteiger partial charge in [0.2, 0.25) is 0 Å². The molecular weight excluding hydrogens is 142 g/mol. The number of hydrogen-bond acceptors (Lipinski definition) is 1. The molecule has 1 saturated heterocycles. The molecule has 0 saturated carbocycles. The highest BCUT2D eigenvalue weighted by Crippen LogP contribution is 2.12. The first kappa shape index (κ1) is 7.73. The van der Waals surface area contributed by atoms with E-state index >= 15 is 0 Å². The number of hydrogen-bond donors (Lipinski definition) is 0. The zero-order chi connectivity index (χ0) is 7.56. The number of thiocarbonyl (C=S) groups is 1. The van der Waals surface area contributed by atoms with Crippen LogP contribution in [0.25, 0.3) is 0 Å². The van der Waals surface area contributed by atoms with Crippen LogP contribution < -0.4 is 0 Å². The van der Waals surface area contributed by atoms with Gasteiger partial charge >= 0.3 is 0 Å². The fraction of sp³-hybridized carbons (Fsp3) is 0.625. The summed E-state index contributed by atoms with van der Waals surface area (Å²) in [5.41, 5.74) is 1.32. The van der Waals surface area contributed by atoms with Gasteiger partial charge in [-0.05, 0) is 26.7 Å². The van der Waals surface area contributed by atoms with Crippen LogP contribution in [0.5, 0.6) is 0 Å². The summed E-state index contributed by atoms with van der Waals surface area (Å²) in [6.45, 7) is 5.31. The average Bonchev–Trinajstić information content (AvgIpc) is 2.15. The van der Waals surface area contributed by atoms with Crippen molar-refractivity contribution in [3.63, 3.8) is 0 Å². The molecule has 0 aliphatic carbocycles. The Balaban J connectivity index is 2.56. The molecule has 10 heavy (non-hydrogen) atoms. The zero-order valence-corrected chi connectivity index (χ0v) is 7.37. The van der Waals surface area contributed by atoms with E-state index in [0.717, 1.165) is 18.0 Å². The maximum atomic E-state index is 5.14. The average molecular weight is 155 g/mol. The molecule has 2 heteroatoms. The zero-order valence-electron chi connectivity index (χ0n) is 6.55.